The van der Waals surface area contributed by atoms with E-state index < -0.39 is 0 Å². The van der Waals surface area contributed by atoms with Crippen LogP contribution in [0.25, 0.3) is 0 Å². The summed E-state index contributed by atoms with van der Waals surface area (Å²) in [6, 6.07) is 16.5. The van der Waals surface area contributed by atoms with Gasteiger partial charge in [-0.25, -0.2) is 0 Å². The Balaban J connectivity index is 1.27. The number of piperazine rings is 1. The zero-order chi connectivity index (χ0) is 20.2. The van der Waals surface area contributed by atoms with Crippen molar-refractivity contribution in [2.45, 2.75) is 32.7 Å². The van der Waals surface area contributed by atoms with Crippen molar-refractivity contribution < 1.29 is 14.5 Å². The van der Waals surface area contributed by atoms with Gasteiger partial charge in [0.15, 0.2) is 0 Å². The molecule has 0 aromatic heterocycles. The Kier molecular flexibility index (Phi) is 5.95. The number of carbonyl (C=O) groups is 2. The standard InChI is InChI=1S/C24H29N3O2/c1-19-5-2-3-6-21(19)18-25-13-15-26(16-14-25)24(29)17-20-8-10-22(11-9-20)27-12-4-7-23(27)28/h2-3,5-6,8-11H,4,7,12-18H2,1H3/p+1. The fraction of sp³-hybridized carbons (Fsp3) is 0.417. The van der Waals surface area contributed by atoms with Gasteiger partial charge in [0.1, 0.15) is 6.54 Å². The highest BCUT2D eigenvalue weighted by molar-refractivity contribution is 5.95. The lowest BCUT2D eigenvalue weighted by molar-refractivity contribution is -0.917. The summed E-state index contributed by atoms with van der Waals surface area (Å²) in [5.74, 6) is 0.393. The van der Waals surface area contributed by atoms with Crippen molar-refractivity contribution in [3.8, 4) is 0 Å². The minimum absolute atomic E-state index is 0.194. The summed E-state index contributed by atoms with van der Waals surface area (Å²) >= 11 is 0. The largest absolute Gasteiger partial charge is 0.331 e. The highest BCUT2D eigenvalue weighted by Crippen LogP contribution is 2.21. The quantitative estimate of drug-likeness (QED) is 0.840. The second-order valence-corrected chi connectivity index (χ2v) is 8.23. The maximum atomic E-state index is 12.7. The minimum Gasteiger partial charge on any atom is -0.331 e. The molecule has 29 heavy (non-hydrogen) atoms. The topological polar surface area (TPSA) is 45.1 Å². The van der Waals surface area contributed by atoms with Crippen LogP contribution in [0, 0.1) is 6.92 Å². The summed E-state index contributed by atoms with van der Waals surface area (Å²) in [6.07, 6.45) is 2.00. The molecule has 1 N–H and O–H groups in total. The van der Waals surface area contributed by atoms with Crippen molar-refractivity contribution in [2.24, 2.45) is 0 Å². The fourth-order valence-electron chi connectivity index (χ4n) is 4.33. The number of hydrogen-bond acceptors (Lipinski definition) is 2. The number of aryl methyl sites for hydroxylation is 1. The van der Waals surface area contributed by atoms with E-state index in [0.717, 1.165) is 56.9 Å². The first-order chi connectivity index (χ1) is 14.1. The summed E-state index contributed by atoms with van der Waals surface area (Å²) in [4.78, 5) is 30.0. The molecule has 2 heterocycles. The third kappa shape index (κ3) is 4.67. The fourth-order valence-corrected chi connectivity index (χ4v) is 4.33. The number of hydrogen-bond donors (Lipinski definition) is 1. The lowest BCUT2D eigenvalue weighted by Crippen LogP contribution is -3.13. The second-order valence-electron chi connectivity index (χ2n) is 8.23. The van der Waals surface area contributed by atoms with Crippen molar-refractivity contribution in [3.05, 3.63) is 65.2 Å². The smallest absolute Gasteiger partial charge is 0.227 e. The van der Waals surface area contributed by atoms with Crippen LogP contribution in [0.4, 0.5) is 5.69 Å². The Morgan fingerprint density at radius 1 is 1.00 bits per heavy atom. The lowest BCUT2D eigenvalue weighted by atomic mass is 10.1. The molecule has 0 bridgehead atoms. The van der Waals surface area contributed by atoms with E-state index in [1.807, 2.05) is 34.1 Å². The van der Waals surface area contributed by atoms with Gasteiger partial charge in [-0.05, 0) is 36.6 Å². The molecular weight excluding hydrogens is 362 g/mol. The number of amides is 2. The number of rotatable bonds is 5. The van der Waals surface area contributed by atoms with Crippen molar-refractivity contribution in [2.75, 3.05) is 37.6 Å². The molecule has 0 spiro atoms. The Bertz CT molecular complexity index is 870. The molecule has 2 saturated heterocycles. The van der Waals surface area contributed by atoms with E-state index >= 15 is 0 Å². The van der Waals surface area contributed by atoms with Crippen molar-refractivity contribution >= 4 is 17.5 Å². The SMILES string of the molecule is Cc1ccccc1C[NH+]1CCN(C(=O)Cc2ccc(N3CCCC3=O)cc2)CC1. The van der Waals surface area contributed by atoms with Gasteiger partial charge in [-0.2, -0.15) is 0 Å². The van der Waals surface area contributed by atoms with E-state index in [-0.39, 0.29) is 11.8 Å². The molecule has 2 aromatic rings. The average molecular weight is 393 g/mol. The number of nitrogens with zero attached hydrogens (tertiary/aromatic N) is 2. The number of benzene rings is 2. The van der Waals surface area contributed by atoms with Gasteiger partial charge < -0.3 is 14.7 Å². The zero-order valence-corrected chi connectivity index (χ0v) is 17.2. The van der Waals surface area contributed by atoms with Crippen molar-refractivity contribution in [1.82, 2.24) is 4.90 Å². The average Bonchev–Trinajstić information content (AvgIpc) is 3.17. The molecule has 2 amide bonds. The maximum Gasteiger partial charge on any atom is 0.227 e. The molecule has 152 valence electrons. The van der Waals surface area contributed by atoms with Crippen LogP contribution in [0.1, 0.15) is 29.5 Å². The van der Waals surface area contributed by atoms with E-state index in [1.54, 1.807) is 4.90 Å². The van der Waals surface area contributed by atoms with Gasteiger partial charge in [-0.1, -0.05) is 36.4 Å². The van der Waals surface area contributed by atoms with Crippen LogP contribution in [-0.4, -0.2) is 49.4 Å². The molecule has 0 radical (unpaired) electrons. The number of anilines is 1. The van der Waals surface area contributed by atoms with E-state index in [0.29, 0.717) is 12.8 Å². The summed E-state index contributed by atoms with van der Waals surface area (Å²) in [5.41, 5.74) is 4.70. The van der Waals surface area contributed by atoms with Crippen LogP contribution in [0.5, 0.6) is 0 Å². The number of quaternary nitrogens is 1. The van der Waals surface area contributed by atoms with Gasteiger partial charge in [0, 0.05) is 24.2 Å². The molecule has 4 rings (SSSR count). The molecule has 2 fully saturated rings. The maximum absolute atomic E-state index is 12.7. The molecular formula is C24H30N3O2+. The molecule has 2 aromatic carbocycles. The molecule has 2 aliphatic rings. The van der Waals surface area contributed by atoms with Gasteiger partial charge in [-0.15, -0.1) is 0 Å². The first kappa shape index (κ1) is 19.6. The van der Waals surface area contributed by atoms with Gasteiger partial charge in [0.25, 0.3) is 0 Å². The van der Waals surface area contributed by atoms with Crippen LogP contribution in [-0.2, 0) is 22.6 Å². The van der Waals surface area contributed by atoms with Gasteiger partial charge in [0.05, 0.1) is 32.6 Å². The predicted octanol–water partition coefficient (Wildman–Crippen LogP) is 1.59. The molecule has 2 aliphatic heterocycles. The van der Waals surface area contributed by atoms with Crippen molar-refractivity contribution in [3.63, 3.8) is 0 Å². The second kappa shape index (κ2) is 8.78. The summed E-state index contributed by atoms with van der Waals surface area (Å²) in [6.45, 7) is 7.63. The van der Waals surface area contributed by atoms with Crippen LogP contribution >= 0.6 is 0 Å². The Labute approximate surface area is 172 Å². The highest BCUT2D eigenvalue weighted by Gasteiger charge is 2.25. The van der Waals surface area contributed by atoms with E-state index in [4.69, 9.17) is 0 Å². The predicted molar refractivity (Wildman–Crippen MR) is 114 cm³/mol. The molecule has 5 nitrogen and oxygen atoms in total. The third-order valence-corrected chi connectivity index (χ3v) is 6.20. The molecule has 0 unspecified atom stereocenters. The molecule has 5 heteroatoms. The van der Waals surface area contributed by atoms with Crippen molar-refractivity contribution in [1.29, 1.82) is 0 Å². The number of carbonyl (C=O) groups excluding carboxylic acids is 2. The van der Waals surface area contributed by atoms with Gasteiger partial charge >= 0.3 is 0 Å². The van der Waals surface area contributed by atoms with Crippen LogP contribution in [0.15, 0.2) is 48.5 Å². The van der Waals surface area contributed by atoms with Crippen LogP contribution in [0.2, 0.25) is 0 Å². The van der Waals surface area contributed by atoms with Gasteiger partial charge in [0.2, 0.25) is 11.8 Å². The summed E-state index contributed by atoms with van der Waals surface area (Å²) in [7, 11) is 0. The Morgan fingerprint density at radius 2 is 1.72 bits per heavy atom. The Hall–Kier alpha value is -2.66. The zero-order valence-electron chi connectivity index (χ0n) is 17.2. The van der Waals surface area contributed by atoms with E-state index in [2.05, 4.69) is 31.2 Å². The normalized spacial score (nSPS) is 17.8. The number of nitrogens with one attached hydrogen (secondary N) is 1. The molecule has 0 saturated carbocycles. The molecule has 0 aliphatic carbocycles. The monoisotopic (exact) mass is 392 g/mol. The lowest BCUT2D eigenvalue weighted by Gasteiger charge is -2.32. The first-order valence-corrected chi connectivity index (χ1v) is 10.7. The van der Waals surface area contributed by atoms with Crippen LogP contribution in [0.3, 0.4) is 0 Å². The molecule has 0 atom stereocenters. The van der Waals surface area contributed by atoms with Crippen LogP contribution < -0.4 is 9.80 Å². The Morgan fingerprint density at radius 3 is 2.38 bits per heavy atom. The highest BCUT2D eigenvalue weighted by atomic mass is 16.2. The summed E-state index contributed by atoms with van der Waals surface area (Å²) < 4.78 is 0. The van der Waals surface area contributed by atoms with E-state index in [1.165, 1.54) is 11.1 Å². The minimum atomic E-state index is 0.194. The third-order valence-electron chi connectivity index (χ3n) is 6.20. The van der Waals surface area contributed by atoms with Gasteiger partial charge in [-0.3, -0.25) is 9.59 Å². The van der Waals surface area contributed by atoms with E-state index in [9.17, 15) is 9.59 Å². The summed E-state index contributed by atoms with van der Waals surface area (Å²) in [5, 5.41) is 0. The first-order valence-electron chi connectivity index (χ1n) is 10.7.